The Balaban J connectivity index is 1.88. The summed E-state index contributed by atoms with van der Waals surface area (Å²) in [5, 5.41) is 2.94. The van der Waals surface area contributed by atoms with E-state index in [0.29, 0.717) is 30.1 Å². The Morgan fingerprint density at radius 2 is 1.68 bits per heavy atom. The molecule has 0 aliphatic carbocycles. The van der Waals surface area contributed by atoms with Gasteiger partial charge in [-0.15, -0.1) is 0 Å². The van der Waals surface area contributed by atoms with Gasteiger partial charge in [0.2, 0.25) is 5.91 Å². The first-order chi connectivity index (χ1) is 12.1. The largest absolute Gasteiger partial charge is 0.326 e. The molecule has 25 heavy (non-hydrogen) atoms. The van der Waals surface area contributed by atoms with Crippen LogP contribution in [0, 0.1) is 5.92 Å². The molecular weight excluding hydrogens is 312 g/mol. The average molecular weight is 336 g/mol. The molecule has 3 rings (SSSR count). The van der Waals surface area contributed by atoms with Gasteiger partial charge in [0.15, 0.2) is 0 Å². The summed E-state index contributed by atoms with van der Waals surface area (Å²) < 4.78 is 0. The molecule has 0 bridgehead atoms. The van der Waals surface area contributed by atoms with Gasteiger partial charge in [-0.2, -0.15) is 0 Å². The summed E-state index contributed by atoms with van der Waals surface area (Å²) in [4.78, 5) is 27.6. The van der Waals surface area contributed by atoms with Crippen LogP contribution in [0.25, 0.3) is 0 Å². The molecule has 0 saturated carbocycles. The Kier molecular flexibility index (Phi) is 5.17. The van der Waals surface area contributed by atoms with E-state index in [4.69, 9.17) is 0 Å². The van der Waals surface area contributed by atoms with Crippen LogP contribution in [-0.2, 0) is 11.2 Å². The minimum absolute atomic E-state index is 0.0688. The first kappa shape index (κ1) is 17.2. The lowest BCUT2D eigenvalue weighted by Crippen LogP contribution is -2.47. The Morgan fingerprint density at radius 3 is 2.40 bits per heavy atom. The van der Waals surface area contributed by atoms with Crippen molar-refractivity contribution in [3.05, 3.63) is 65.7 Å². The van der Waals surface area contributed by atoms with Crippen LogP contribution in [0.5, 0.6) is 0 Å². The number of fused-ring (bicyclic) bond motifs is 1. The molecule has 0 saturated heterocycles. The van der Waals surface area contributed by atoms with Crippen molar-refractivity contribution >= 4 is 17.5 Å². The number of rotatable bonds is 5. The number of hydrogen-bond acceptors (Lipinski definition) is 2. The summed E-state index contributed by atoms with van der Waals surface area (Å²) in [6.07, 6.45) is 1.37. The molecule has 4 heteroatoms. The number of nitrogens with zero attached hydrogens (tertiary/aromatic N) is 1. The van der Waals surface area contributed by atoms with Crippen LogP contribution in [0.1, 0.15) is 36.2 Å². The van der Waals surface area contributed by atoms with Crippen LogP contribution in [0.2, 0.25) is 0 Å². The Labute approximate surface area is 148 Å². The van der Waals surface area contributed by atoms with Gasteiger partial charge < -0.3 is 10.2 Å². The van der Waals surface area contributed by atoms with Gasteiger partial charge >= 0.3 is 0 Å². The molecule has 0 aromatic heterocycles. The topological polar surface area (TPSA) is 49.4 Å². The zero-order valence-electron chi connectivity index (χ0n) is 14.7. The minimum Gasteiger partial charge on any atom is -0.326 e. The summed E-state index contributed by atoms with van der Waals surface area (Å²) in [6, 6.07) is 16.9. The molecule has 2 aromatic rings. The summed E-state index contributed by atoms with van der Waals surface area (Å²) in [6.45, 7) is 4.70. The van der Waals surface area contributed by atoms with E-state index in [1.54, 1.807) is 17.0 Å². The summed E-state index contributed by atoms with van der Waals surface area (Å²) in [5.41, 5.74) is 2.35. The standard InChI is InChI=1S/C21H24N2O2/c1-15(2)14-23-19(13-12-16-8-4-3-5-9-16)20(24)22-18-11-7-6-10-17(18)21(23)25/h3-11,15,19H,12-14H2,1-2H3,(H,22,24)/t19-/m1/s1. The van der Waals surface area contributed by atoms with Crippen molar-refractivity contribution in [1.82, 2.24) is 4.90 Å². The van der Waals surface area contributed by atoms with E-state index in [1.165, 1.54) is 5.56 Å². The van der Waals surface area contributed by atoms with Crippen molar-refractivity contribution in [2.24, 2.45) is 5.92 Å². The molecule has 0 fully saturated rings. The van der Waals surface area contributed by atoms with Crippen LogP contribution in [0.4, 0.5) is 5.69 Å². The first-order valence-electron chi connectivity index (χ1n) is 8.81. The van der Waals surface area contributed by atoms with E-state index in [0.717, 1.165) is 6.42 Å². The lowest BCUT2D eigenvalue weighted by atomic mass is 10.0. The maximum absolute atomic E-state index is 13.1. The molecule has 1 heterocycles. The third-order valence-electron chi connectivity index (χ3n) is 4.47. The van der Waals surface area contributed by atoms with Crippen LogP contribution in [0.3, 0.4) is 0 Å². The van der Waals surface area contributed by atoms with E-state index in [1.807, 2.05) is 30.3 Å². The van der Waals surface area contributed by atoms with Crippen molar-refractivity contribution in [2.75, 3.05) is 11.9 Å². The third-order valence-corrected chi connectivity index (χ3v) is 4.47. The van der Waals surface area contributed by atoms with E-state index < -0.39 is 6.04 Å². The maximum atomic E-state index is 13.1. The fourth-order valence-electron chi connectivity index (χ4n) is 3.27. The molecule has 4 nitrogen and oxygen atoms in total. The molecule has 0 unspecified atom stereocenters. The van der Waals surface area contributed by atoms with Gasteiger partial charge in [0.05, 0.1) is 11.3 Å². The average Bonchev–Trinajstić information content (AvgIpc) is 2.70. The second kappa shape index (κ2) is 7.51. The van der Waals surface area contributed by atoms with Crippen LogP contribution in [-0.4, -0.2) is 29.3 Å². The number of carbonyl (C=O) groups is 2. The summed E-state index contributed by atoms with van der Waals surface area (Å²) in [7, 11) is 0. The predicted molar refractivity (Wildman–Crippen MR) is 99.5 cm³/mol. The molecule has 1 atom stereocenters. The zero-order chi connectivity index (χ0) is 17.8. The van der Waals surface area contributed by atoms with E-state index in [9.17, 15) is 9.59 Å². The van der Waals surface area contributed by atoms with Gasteiger partial charge in [-0.3, -0.25) is 9.59 Å². The van der Waals surface area contributed by atoms with Crippen molar-refractivity contribution in [3.63, 3.8) is 0 Å². The van der Waals surface area contributed by atoms with E-state index in [2.05, 4.69) is 31.3 Å². The number of carbonyl (C=O) groups excluding carboxylic acids is 2. The fraction of sp³-hybridized carbons (Fsp3) is 0.333. The molecular formula is C21H24N2O2. The number of para-hydroxylation sites is 1. The third kappa shape index (κ3) is 3.90. The number of anilines is 1. The van der Waals surface area contributed by atoms with Crippen molar-refractivity contribution in [1.29, 1.82) is 0 Å². The Hall–Kier alpha value is -2.62. The second-order valence-electron chi connectivity index (χ2n) is 6.93. The van der Waals surface area contributed by atoms with Crippen molar-refractivity contribution in [3.8, 4) is 0 Å². The molecule has 0 spiro atoms. The first-order valence-corrected chi connectivity index (χ1v) is 8.81. The van der Waals surface area contributed by atoms with Gasteiger partial charge in [-0.1, -0.05) is 56.3 Å². The molecule has 1 aliphatic heterocycles. The van der Waals surface area contributed by atoms with Gasteiger partial charge in [0.1, 0.15) is 6.04 Å². The summed E-state index contributed by atoms with van der Waals surface area (Å²) in [5.74, 6) is 0.122. The van der Waals surface area contributed by atoms with Crippen LogP contribution >= 0.6 is 0 Å². The number of nitrogens with one attached hydrogen (secondary N) is 1. The number of benzene rings is 2. The second-order valence-corrected chi connectivity index (χ2v) is 6.93. The zero-order valence-corrected chi connectivity index (χ0v) is 14.7. The maximum Gasteiger partial charge on any atom is 0.256 e. The molecule has 0 radical (unpaired) electrons. The Morgan fingerprint density at radius 1 is 1.00 bits per heavy atom. The molecule has 1 aliphatic rings. The Bertz CT molecular complexity index is 756. The highest BCUT2D eigenvalue weighted by molar-refractivity contribution is 6.09. The van der Waals surface area contributed by atoms with Crippen molar-refractivity contribution < 1.29 is 9.59 Å². The number of amides is 2. The van der Waals surface area contributed by atoms with Crippen LogP contribution in [0.15, 0.2) is 54.6 Å². The van der Waals surface area contributed by atoms with Crippen LogP contribution < -0.4 is 5.32 Å². The van der Waals surface area contributed by atoms with Gasteiger partial charge in [0.25, 0.3) is 5.91 Å². The van der Waals surface area contributed by atoms with Gasteiger partial charge in [0, 0.05) is 6.54 Å². The lowest BCUT2D eigenvalue weighted by Gasteiger charge is -2.30. The highest BCUT2D eigenvalue weighted by Gasteiger charge is 2.35. The molecule has 130 valence electrons. The predicted octanol–water partition coefficient (Wildman–Crippen LogP) is 3.74. The molecule has 2 aromatic carbocycles. The fourth-order valence-corrected chi connectivity index (χ4v) is 3.27. The SMILES string of the molecule is CC(C)CN1C(=O)c2ccccc2NC(=O)[C@H]1CCc1ccccc1. The normalized spacial score (nSPS) is 17.2. The minimum atomic E-state index is -0.456. The molecule has 2 amide bonds. The smallest absolute Gasteiger partial charge is 0.256 e. The van der Waals surface area contributed by atoms with E-state index in [-0.39, 0.29) is 11.8 Å². The molecule has 1 N–H and O–H groups in total. The quantitative estimate of drug-likeness (QED) is 0.904. The monoisotopic (exact) mass is 336 g/mol. The number of hydrogen-bond donors (Lipinski definition) is 1. The van der Waals surface area contributed by atoms with Gasteiger partial charge in [-0.05, 0) is 36.5 Å². The highest BCUT2D eigenvalue weighted by atomic mass is 16.2. The van der Waals surface area contributed by atoms with E-state index >= 15 is 0 Å². The van der Waals surface area contributed by atoms with Crippen molar-refractivity contribution in [2.45, 2.75) is 32.7 Å². The number of aryl methyl sites for hydroxylation is 1. The lowest BCUT2D eigenvalue weighted by molar-refractivity contribution is -0.120. The summed E-state index contributed by atoms with van der Waals surface area (Å²) >= 11 is 0. The van der Waals surface area contributed by atoms with Gasteiger partial charge in [-0.25, -0.2) is 0 Å². The highest BCUT2D eigenvalue weighted by Crippen LogP contribution is 2.25.